The molecule has 2 aromatic rings. The number of rotatable bonds is 6. The molecule has 5 heteroatoms. The number of ether oxygens (including phenoxy) is 1. The first-order chi connectivity index (χ1) is 14.9. The molecule has 158 valence electrons. The molecule has 1 aliphatic rings. The summed E-state index contributed by atoms with van der Waals surface area (Å²) in [4.78, 5) is 27.8. The Morgan fingerprint density at radius 2 is 2.00 bits per heavy atom. The van der Waals surface area contributed by atoms with Gasteiger partial charge in [0.1, 0.15) is 6.61 Å². The number of carbonyl (C=O) groups excluding carboxylic acids is 2. The van der Waals surface area contributed by atoms with Crippen LogP contribution in [0.25, 0.3) is 0 Å². The van der Waals surface area contributed by atoms with Crippen molar-refractivity contribution >= 4 is 11.9 Å². The summed E-state index contributed by atoms with van der Waals surface area (Å²) < 4.78 is 5.39. The number of esters is 1. The maximum Gasteiger partial charge on any atom is 0.336 e. The zero-order chi connectivity index (χ0) is 22.5. The molecule has 0 N–H and O–H groups in total. The lowest BCUT2D eigenvalue weighted by Crippen LogP contribution is -2.38. The maximum absolute atomic E-state index is 13.2. The average Bonchev–Trinajstić information content (AvgIpc) is 2.75. The van der Waals surface area contributed by atoms with Crippen molar-refractivity contribution in [3.8, 4) is 6.07 Å². The standard InChI is InChI=1S/C26H26N2O3/c1-5-12-31-26(30)25-19(4)28(16-21-9-7-6-8-20(21)15-27)24(29)14-23(25)22-11-10-17(2)13-18(22)3/h5-11,13,23H,1,12,14,16H2,2-4H3/t23-/m1/s1. The number of allylic oxidation sites excluding steroid dienone is 1. The van der Waals surface area contributed by atoms with Crippen LogP contribution in [0.3, 0.4) is 0 Å². The van der Waals surface area contributed by atoms with Gasteiger partial charge in [-0.3, -0.25) is 4.79 Å². The molecule has 0 radical (unpaired) electrons. The summed E-state index contributed by atoms with van der Waals surface area (Å²) in [7, 11) is 0. The Labute approximate surface area is 183 Å². The molecule has 0 aromatic heterocycles. The summed E-state index contributed by atoms with van der Waals surface area (Å²) in [6.45, 7) is 9.71. The molecule has 1 amide bonds. The zero-order valence-electron chi connectivity index (χ0n) is 18.1. The SMILES string of the molecule is C=CCOC(=O)C1=C(C)N(Cc2ccccc2C#N)C(=O)C[C@@H]1c1ccc(C)cc1C. The maximum atomic E-state index is 13.2. The van der Waals surface area contributed by atoms with Crippen LogP contribution in [-0.2, 0) is 20.9 Å². The Kier molecular flexibility index (Phi) is 6.71. The number of hydrogen-bond acceptors (Lipinski definition) is 4. The van der Waals surface area contributed by atoms with Crippen LogP contribution in [-0.4, -0.2) is 23.4 Å². The highest BCUT2D eigenvalue weighted by atomic mass is 16.5. The van der Waals surface area contributed by atoms with Crippen molar-refractivity contribution in [3.63, 3.8) is 0 Å². The number of amides is 1. The van der Waals surface area contributed by atoms with Gasteiger partial charge in [-0.15, -0.1) is 0 Å². The monoisotopic (exact) mass is 414 g/mol. The average molecular weight is 415 g/mol. The van der Waals surface area contributed by atoms with Gasteiger partial charge in [-0.1, -0.05) is 54.6 Å². The van der Waals surface area contributed by atoms with Crippen molar-refractivity contribution in [2.75, 3.05) is 6.61 Å². The second-order valence-corrected chi connectivity index (χ2v) is 7.75. The molecule has 1 atom stereocenters. The lowest BCUT2D eigenvalue weighted by Gasteiger charge is -2.35. The minimum Gasteiger partial charge on any atom is -0.458 e. The molecule has 0 fully saturated rings. The van der Waals surface area contributed by atoms with Crippen LogP contribution in [0.15, 0.2) is 66.4 Å². The van der Waals surface area contributed by atoms with Gasteiger partial charge in [-0.05, 0) is 43.5 Å². The first-order valence-electron chi connectivity index (χ1n) is 10.2. The Hall–Kier alpha value is -3.65. The highest BCUT2D eigenvalue weighted by molar-refractivity contribution is 5.96. The largest absolute Gasteiger partial charge is 0.458 e. The Bertz CT molecular complexity index is 1110. The first kappa shape index (κ1) is 22.0. The fraction of sp³-hybridized carbons (Fsp3) is 0.269. The van der Waals surface area contributed by atoms with Crippen molar-refractivity contribution in [2.45, 2.75) is 39.7 Å². The molecular weight excluding hydrogens is 388 g/mol. The van der Waals surface area contributed by atoms with Crippen molar-refractivity contribution in [3.05, 3.63) is 94.2 Å². The summed E-state index contributed by atoms with van der Waals surface area (Å²) in [5, 5.41) is 9.41. The first-order valence-corrected chi connectivity index (χ1v) is 10.2. The summed E-state index contributed by atoms with van der Waals surface area (Å²) in [5.74, 6) is -0.920. The van der Waals surface area contributed by atoms with E-state index in [4.69, 9.17) is 4.74 Å². The summed E-state index contributed by atoms with van der Waals surface area (Å²) >= 11 is 0. The van der Waals surface area contributed by atoms with Crippen LogP contribution in [0.1, 0.15) is 47.1 Å². The summed E-state index contributed by atoms with van der Waals surface area (Å²) in [6, 6.07) is 15.4. The molecule has 3 rings (SSSR count). The van der Waals surface area contributed by atoms with Crippen LogP contribution in [0.2, 0.25) is 0 Å². The Morgan fingerprint density at radius 3 is 2.68 bits per heavy atom. The highest BCUT2D eigenvalue weighted by Crippen LogP contribution is 2.39. The third-order valence-corrected chi connectivity index (χ3v) is 5.64. The van der Waals surface area contributed by atoms with Gasteiger partial charge >= 0.3 is 5.97 Å². The topological polar surface area (TPSA) is 70.4 Å². The van der Waals surface area contributed by atoms with Crippen molar-refractivity contribution in [1.82, 2.24) is 4.90 Å². The second kappa shape index (κ2) is 9.44. The molecular formula is C26H26N2O3. The second-order valence-electron chi connectivity index (χ2n) is 7.75. The molecule has 0 saturated carbocycles. The number of nitrogens with zero attached hydrogens (tertiary/aromatic N) is 2. The van der Waals surface area contributed by atoms with Gasteiger partial charge in [-0.25, -0.2) is 4.79 Å². The van der Waals surface area contributed by atoms with Crippen LogP contribution < -0.4 is 0 Å². The van der Waals surface area contributed by atoms with Crippen molar-refractivity contribution < 1.29 is 14.3 Å². The minimum absolute atomic E-state index is 0.0875. The van der Waals surface area contributed by atoms with Gasteiger partial charge in [0.2, 0.25) is 5.91 Å². The molecule has 1 aliphatic heterocycles. The van der Waals surface area contributed by atoms with Crippen LogP contribution >= 0.6 is 0 Å². The number of benzene rings is 2. The zero-order valence-corrected chi connectivity index (χ0v) is 18.1. The Morgan fingerprint density at radius 1 is 1.26 bits per heavy atom. The fourth-order valence-electron chi connectivity index (χ4n) is 4.10. The number of aryl methyl sites for hydroxylation is 2. The molecule has 0 saturated heterocycles. The third-order valence-electron chi connectivity index (χ3n) is 5.64. The van der Waals surface area contributed by atoms with Crippen LogP contribution in [0.5, 0.6) is 0 Å². The molecule has 5 nitrogen and oxygen atoms in total. The normalized spacial score (nSPS) is 16.1. The van der Waals surface area contributed by atoms with E-state index < -0.39 is 5.97 Å². The van der Waals surface area contributed by atoms with Gasteiger partial charge in [0.25, 0.3) is 0 Å². The molecule has 0 spiro atoms. The molecule has 1 heterocycles. The van der Waals surface area contributed by atoms with Crippen molar-refractivity contribution in [2.24, 2.45) is 0 Å². The van der Waals surface area contributed by atoms with Gasteiger partial charge in [0.05, 0.1) is 23.8 Å². The number of nitriles is 1. The van der Waals surface area contributed by atoms with E-state index in [0.717, 1.165) is 22.3 Å². The molecule has 2 aromatic carbocycles. The quantitative estimate of drug-likeness (QED) is 0.508. The molecule has 31 heavy (non-hydrogen) atoms. The van der Waals surface area contributed by atoms with E-state index in [9.17, 15) is 14.9 Å². The number of hydrogen-bond donors (Lipinski definition) is 0. The van der Waals surface area contributed by atoms with Gasteiger partial charge in [0, 0.05) is 18.0 Å². The third kappa shape index (κ3) is 4.59. The summed E-state index contributed by atoms with van der Waals surface area (Å²) in [5.41, 5.74) is 5.38. The summed E-state index contributed by atoms with van der Waals surface area (Å²) in [6.07, 6.45) is 1.68. The van der Waals surface area contributed by atoms with E-state index in [2.05, 4.69) is 18.7 Å². The van der Waals surface area contributed by atoms with E-state index in [1.165, 1.54) is 6.08 Å². The number of carbonyl (C=O) groups is 2. The predicted molar refractivity (Wildman–Crippen MR) is 119 cm³/mol. The van der Waals surface area contributed by atoms with E-state index in [1.54, 1.807) is 24.0 Å². The van der Waals surface area contributed by atoms with E-state index in [-0.39, 0.29) is 31.4 Å². The molecule has 0 unspecified atom stereocenters. The van der Waals surface area contributed by atoms with Crippen molar-refractivity contribution in [1.29, 1.82) is 5.26 Å². The minimum atomic E-state index is -0.451. The van der Waals surface area contributed by atoms with E-state index >= 15 is 0 Å². The van der Waals surface area contributed by atoms with Crippen LogP contribution in [0, 0.1) is 25.2 Å². The predicted octanol–water partition coefficient (Wildman–Crippen LogP) is 4.69. The lowest BCUT2D eigenvalue weighted by molar-refractivity contribution is -0.139. The molecule has 0 aliphatic carbocycles. The van der Waals surface area contributed by atoms with Gasteiger partial charge in [-0.2, -0.15) is 5.26 Å². The van der Waals surface area contributed by atoms with Gasteiger partial charge in [0.15, 0.2) is 0 Å². The van der Waals surface area contributed by atoms with E-state index in [1.807, 2.05) is 38.1 Å². The Balaban J connectivity index is 2.09. The van der Waals surface area contributed by atoms with Gasteiger partial charge < -0.3 is 9.64 Å². The lowest BCUT2D eigenvalue weighted by atomic mass is 9.81. The van der Waals surface area contributed by atoms with E-state index in [0.29, 0.717) is 16.8 Å². The highest BCUT2D eigenvalue weighted by Gasteiger charge is 2.37. The fourth-order valence-corrected chi connectivity index (χ4v) is 4.10. The smallest absolute Gasteiger partial charge is 0.336 e. The van der Waals surface area contributed by atoms with Crippen LogP contribution in [0.4, 0.5) is 0 Å². The molecule has 0 bridgehead atoms.